The fourth-order valence-electron chi connectivity index (χ4n) is 3.14. The van der Waals surface area contributed by atoms with Crippen LogP contribution in [0.5, 0.6) is 5.75 Å². The monoisotopic (exact) mass is 433 g/mol. The molecule has 31 heavy (non-hydrogen) atoms. The van der Waals surface area contributed by atoms with E-state index in [2.05, 4.69) is 16.0 Å². The van der Waals surface area contributed by atoms with Gasteiger partial charge in [-0.15, -0.1) is 0 Å². The van der Waals surface area contributed by atoms with Gasteiger partial charge in [-0.25, -0.2) is 0 Å². The number of hydrogen-bond donors (Lipinski definition) is 3. The fourth-order valence-corrected chi connectivity index (χ4v) is 3.14. The second kappa shape index (κ2) is 11.9. The van der Waals surface area contributed by atoms with Crippen LogP contribution in [0.2, 0.25) is 0 Å². The molecule has 1 aliphatic heterocycles. The van der Waals surface area contributed by atoms with Gasteiger partial charge in [-0.1, -0.05) is 42.5 Å². The van der Waals surface area contributed by atoms with E-state index < -0.39 is 30.0 Å². The Morgan fingerprint density at radius 2 is 1.71 bits per heavy atom. The number of hydrogen-bond acceptors (Lipinski definition) is 6. The smallest absolute Gasteiger partial charge is 0.548 e. The molecule has 0 bridgehead atoms. The number of carbonyl (C=O) groups excluding carboxylic acids is 3. The number of nitrogens with one attached hydrogen (secondary N) is 3. The Balaban J connectivity index is 0.00000341. The van der Waals surface area contributed by atoms with E-state index in [1.165, 1.54) is 0 Å². The zero-order valence-electron chi connectivity index (χ0n) is 17.6. The molecule has 0 aromatic heterocycles. The van der Waals surface area contributed by atoms with E-state index in [-0.39, 0.29) is 35.5 Å². The van der Waals surface area contributed by atoms with Gasteiger partial charge in [0.15, 0.2) is 0 Å². The minimum atomic E-state index is -1.33. The van der Waals surface area contributed by atoms with Crippen molar-refractivity contribution in [2.24, 2.45) is 0 Å². The average molecular weight is 433 g/mol. The Hall–Kier alpha value is -2.39. The second-order valence-electron chi connectivity index (χ2n) is 7.08. The molecule has 3 atom stereocenters. The van der Waals surface area contributed by atoms with Crippen LogP contribution in [0, 0.1) is 0 Å². The Morgan fingerprint density at radius 1 is 1.03 bits per heavy atom. The number of aliphatic carboxylic acids is 1. The number of carboxylic acid groups (broad SMARTS) is 1. The van der Waals surface area contributed by atoms with Crippen molar-refractivity contribution in [2.45, 2.75) is 31.0 Å². The van der Waals surface area contributed by atoms with Gasteiger partial charge in [0, 0.05) is 13.0 Å². The predicted octanol–water partition coefficient (Wildman–Crippen LogP) is -3.82. The van der Waals surface area contributed by atoms with E-state index in [0.29, 0.717) is 19.4 Å². The third-order valence-electron chi connectivity index (χ3n) is 4.91. The number of carbonyl (C=O) groups is 3. The molecule has 0 spiro atoms. The van der Waals surface area contributed by atoms with Crippen LogP contribution >= 0.6 is 0 Å². The SMILES string of the molecule is COc1ccc(CCNC(=O)[C@H](Cc2ccccc2)NC(=O)[C@H]2N[C@@H]2C(=O)[O-])cc1.[Na+]. The van der Waals surface area contributed by atoms with Gasteiger partial charge < -0.3 is 25.3 Å². The first-order valence-corrected chi connectivity index (χ1v) is 9.70. The number of carboxylic acids is 1. The Bertz CT molecular complexity index is 892. The van der Waals surface area contributed by atoms with Crippen molar-refractivity contribution in [1.29, 1.82) is 0 Å². The summed E-state index contributed by atoms with van der Waals surface area (Å²) >= 11 is 0. The topological polar surface area (TPSA) is 130 Å². The molecule has 158 valence electrons. The summed E-state index contributed by atoms with van der Waals surface area (Å²) in [7, 11) is 1.60. The molecule has 1 heterocycles. The maximum Gasteiger partial charge on any atom is 1.00 e. The van der Waals surface area contributed by atoms with Crippen LogP contribution in [-0.2, 0) is 27.2 Å². The number of benzene rings is 2. The molecule has 1 aliphatic rings. The first kappa shape index (κ1) is 24.9. The standard InChI is InChI=1S/C22H25N3O5.Na/c1-30-16-9-7-14(8-10-16)11-12-23-20(26)17(13-15-5-3-2-4-6-15)24-21(27)18-19(25-18)22(28)29;/h2-10,17-19,25H,11-13H2,1H3,(H,23,26)(H,24,27)(H,28,29);/q;+1/p-1/t17-,18-,19-;/m0./s1. The van der Waals surface area contributed by atoms with Crippen LogP contribution in [0.3, 0.4) is 0 Å². The number of amides is 2. The normalized spacial score (nSPS) is 17.6. The van der Waals surface area contributed by atoms with Crippen LogP contribution in [0.25, 0.3) is 0 Å². The van der Waals surface area contributed by atoms with E-state index in [9.17, 15) is 19.5 Å². The van der Waals surface area contributed by atoms with E-state index in [4.69, 9.17) is 4.74 Å². The Kier molecular flexibility index (Phi) is 9.51. The molecule has 0 aliphatic carbocycles. The molecule has 0 unspecified atom stereocenters. The predicted molar refractivity (Wildman–Crippen MR) is 108 cm³/mol. The molecular weight excluding hydrogens is 409 g/mol. The van der Waals surface area contributed by atoms with Crippen molar-refractivity contribution in [3.05, 3.63) is 65.7 Å². The molecular formula is C22H24N3NaO5. The molecule has 3 rings (SSSR count). The van der Waals surface area contributed by atoms with Gasteiger partial charge in [0.1, 0.15) is 17.8 Å². The number of ether oxygens (including phenoxy) is 1. The van der Waals surface area contributed by atoms with Crippen molar-refractivity contribution in [3.63, 3.8) is 0 Å². The number of rotatable bonds is 10. The molecule has 1 fully saturated rings. The Labute approximate surface area is 203 Å². The minimum Gasteiger partial charge on any atom is -0.548 e. The van der Waals surface area contributed by atoms with E-state index in [1.54, 1.807) is 7.11 Å². The molecule has 8 nitrogen and oxygen atoms in total. The summed E-state index contributed by atoms with van der Waals surface area (Å²) in [6, 6.07) is 14.1. The van der Waals surface area contributed by atoms with E-state index >= 15 is 0 Å². The van der Waals surface area contributed by atoms with Crippen molar-refractivity contribution >= 4 is 17.8 Å². The number of methoxy groups -OCH3 is 1. The van der Waals surface area contributed by atoms with Crippen molar-refractivity contribution in [1.82, 2.24) is 16.0 Å². The van der Waals surface area contributed by atoms with Crippen LogP contribution < -0.4 is 55.4 Å². The first-order chi connectivity index (χ1) is 14.5. The van der Waals surface area contributed by atoms with Gasteiger partial charge in [-0.05, 0) is 29.7 Å². The fraction of sp³-hybridized carbons (Fsp3) is 0.318. The Morgan fingerprint density at radius 3 is 2.29 bits per heavy atom. The summed E-state index contributed by atoms with van der Waals surface area (Å²) in [6.45, 7) is 0.398. The minimum absolute atomic E-state index is 0. The molecule has 2 aromatic rings. The van der Waals surface area contributed by atoms with Crippen molar-refractivity contribution < 1.29 is 53.8 Å². The van der Waals surface area contributed by atoms with Crippen LogP contribution in [-0.4, -0.2) is 49.6 Å². The van der Waals surface area contributed by atoms with E-state index in [0.717, 1.165) is 16.9 Å². The maximum atomic E-state index is 12.7. The van der Waals surface area contributed by atoms with Crippen molar-refractivity contribution in [2.75, 3.05) is 13.7 Å². The maximum absolute atomic E-state index is 12.7. The zero-order chi connectivity index (χ0) is 21.5. The van der Waals surface area contributed by atoms with E-state index in [1.807, 2.05) is 54.6 Å². The van der Waals surface area contributed by atoms with Gasteiger partial charge in [0.2, 0.25) is 11.8 Å². The van der Waals surface area contributed by atoms with Gasteiger partial charge in [0.05, 0.1) is 19.1 Å². The zero-order valence-corrected chi connectivity index (χ0v) is 19.6. The van der Waals surface area contributed by atoms with Crippen LogP contribution in [0.1, 0.15) is 11.1 Å². The first-order valence-electron chi connectivity index (χ1n) is 9.70. The quantitative estimate of drug-likeness (QED) is 0.260. The summed E-state index contributed by atoms with van der Waals surface area (Å²) in [4.78, 5) is 35.9. The summed E-state index contributed by atoms with van der Waals surface area (Å²) in [5.41, 5.74) is 1.92. The second-order valence-corrected chi connectivity index (χ2v) is 7.08. The molecule has 1 saturated heterocycles. The summed E-state index contributed by atoms with van der Waals surface area (Å²) in [5, 5.41) is 18.9. The van der Waals surface area contributed by atoms with Crippen molar-refractivity contribution in [3.8, 4) is 5.75 Å². The third-order valence-corrected chi connectivity index (χ3v) is 4.91. The van der Waals surface area contributed by atoms with Crippen LogP contribution in [0.15, 0.2) is 54.6 Å². The molecule has 0 saturated carbocycles. The van der Waals surface area contributed by atoms with Crippen LogP contribution in [0.4, 0.5) is 0 Å². The molecule has 0 radical (unpaired) electrons. The van der Waals surface area contributed by atoms with Gasteiger partial charge in [0.25, 0.3) is 0 Å². The van der Waals surface area contributed by atoms with Gasteiger partial charge in [-0.2, -0.15) is 0 Å². The summed E-state index contributed by atoms with van der Waals surface area (Å²) in [6.07, 6.45) is 0.919. The molecule has 2 aromatic carbocycles. The van der Waals surface area contributed by atoms with Gasteiger partial charge >= 0.3 is 29.6 Å². The van der Waals surface area contributed by atoms with Gasteiger partial charge in [-0.3, -0.25) is 14.9 Å². The molecule has 2 amide bonds. The largest absolute Gasteiger partial charge is 1.00 e. The molecule has 9 heteroatoms. The third kappa shape index (κ3) is 7.36. The summed E-state index contributed by atoms with van der Waals surface area (Å²) < 4.78 is 5.13. The summed E-state index contributed by atoms with van der Waals surface area (Å²) in [5.74, 6) is -1.43. The average Bonchev–Trinajstić information content (AvgIpc) is 3.56. The molecule has 3 N–H and O–H groups in total.